The average molecular weight is 627 g/mol. The number of aliphatic hydroxyl groups excluding tert-OH is 1. The predicted octanol–water partition coefficient (Wildman–Crippen LogP) is 4.48. The fourth-order valence-corrected chi connectivity index (χ4v) is 9.79. The van der Waals surface area contributed by atoms with Gasteiger partial charge in [0.2, 0.25) is 10.0 Å². The fourth-order valence-electron chi connectivity index (χ4n) is 8.01. The fraction of sp³-hybridized carbons (Fsp3) is 0.545. The first-order valence-corrected chi connectivity index (χ1v) is 17.4. The van der Waals surface area contributed by atoms with E-state index in [1.807, 2.05) is 25.1 Å². The lowest BCUT2D eigenvalue weighted by Gasteiger charge is -2.45. The Balaban J connectivity index is 1.30. The van der Waals surface area contributed by atoms with Crippen LogP contribution in [0, 0.1) is 23.7 Å². The van der Waals surface area contributed by atoms with Gasteiger partial charge in [0.05, 0.1) is 31.6 Å². The van der Waals surface area contributed by atoms with Crippen LogP contribution in [0.25, 0.3) is 0 Å². The van der Waals surface area contributed by atoms with Crippen molar-refractivity contribution >= 4 is 33.2 Å². The molecule has 0 aromatic heterocycles. The smallest absolute Gasteiger partial charge is 0.264 e. The quantitative estimate of drug-likeness (QED) is 0.416. The second kappa shape index (κ2) is 11.1. The molecule has 2 fully saturated rings. The Bertz CT molecular complexity index is 1560. The number of nitrogens with one attached hydrogen (secondary N) is 1. The zero-order chi connectivity index (χ0) is 29.9. The Kier molecular flexibility index (Phi) is 7.51. The molecule has 2 aromatic carbocycles. The lowest BCUT2D eigenvalue weighted by molar-refractivity contribution is 0.0453. The highest BCUT2D eigenvalue weighted by atomic mass is 35.5. The van der Waals surface area contributed by atoms with Gasteiger partial charge in [-0.25, -0.2) is 13.1 Å². The van der Waals surface area contributed by atoms with Crippen molar-refractivity contribution in [2.75, 3.05) is 37.8 Å². The highest BCUT2D eigenvalue weighted by Gasteiger charge is 2.45. The summed E-state index contributed by atoms with van der Waals surface area (Å²) in [4.78, 5) is 15.8. The molecule has 43 heavy (non-hydrogen) atoms. The molecule has 3 heterocycles. The maximum atomic E-state index is 13.5. The number of fused-ring (bicyclic) bond motifs is 5. The second-order valence-corrected chi connectivity index (χ2v) is 15.6. The van der Waals surface area contributed by atoms with Crippen molar-refractivity contribution in [3.05, 3.63) is 70.3 Å². The minimum absolute atomic E-state index is 0.0271. The van der Waals surface area contributed by atoms with Crippen LogP contribution in [0.1, 0.15) is 54.1 Å². The molecule has 0 radical (unpaired) electrons. The highest BCUT2D eigenvalue weighted by Crippen LogP contribution is 2.47. The van der Waals surface area contributed by atoms with Gasteiger partial charge in [0.25, 0.3) is 5.91 Å². The molecule has 1 saturated carbocycles. The minimum atomic E-state index is -4.02. The molecule has 2 bridgehead atoms. The van der Waals surface area contributed by atoms with Crippen LogP contribution < -0.4 is 14.4 Å². The van der Waals surface area contributed by atoms with Crippen LogP contribution >= 0.6 is 11.6 Å². The van der Waals surface area contributed by atoms with E-state index in [0.29, 0.717) is 25.4 Å². The lowest BCUT2D eigenvalue weighted by Crippen LogP contribution is -2.49. The number of hydrogen-bond donors (Lipinski definition) is 2. The summed E-state index contributed by atoms with van der Waals surface area (Å²) in [5.74, 6) is -0.0826. The van der Waals surface area contributed by atoms with Crippen molar-refractivity contribution in [2.45, 2.75) is 55.8 Å². The molecule has 1 saturated heterocycles. The summed E-state index contributed by atoms with van der Waals surface area (Å²) in [6.45, 7) is 4.14. The molecule has 2 N–H and O–H groups in total. The van der Waals surface area contributed by atoms with Gasteiger partial charge >= 0.3 is 0 Å². The number of halogens is 1. The number of ether oxygens (including phenoxy) is 2. The van der Waals surface area contributed by atoms with E-state index >= 15 is 0 Å². The molecule has 2 aliphatic carbocycles. The number of nitrogens with zero attached hydrogens (tertiary/aromatic N) is 1. The molecule has 10 heteroatoms. The van der Waals surface area contributed by atoms with Gasteiger partial charge in [-0.3, -0.25) is 4.79 Å². The van der Waals surface area contributed by atoms with Gasteiger partial charge in [0, 0.05) is 35.0 Å². The maximum absolute atomic E-state index is 13.5. The van der Waals surface area contributed by atoms with E-state index < -0.39 is 27.3 Å². The normalized spacial score (nSPS) is 35.8. The zero-order valence-corrected chi connectivity index (χ0v) is 25.9. The Morgan fingerprint density at radius 3 is 2.77 bits per heavy atom. The van der Waals surface area contributed by atoms with Crippen LogP contribution in [0.15, 0.2) is 48.6 Å². The number of benzene rings is 2. The summed E-state index contributed by atoms with van der Waals surface area (Å²) < 4.78 is 41.4. The molecule has 1 amide bonds. The third-order valence-electron chi connectivity index (χ3n) is 10.7. The molecule has 7 atom stereocenters. The third-order valence-corrected chi connectivity index (χ3v) is 12.6. The van der Waals surface area contributed by atoms with E-state index in [2.05, 4.69) is 21.8 Å². The molecule has 8 nitrogen and oxygen atoms in total. The number of carbonyl (C=O) groups is 1. The van der Waals surface area contributed by atoms with Gasteiger partial charge in [-0.05, 0) is 91.3 Å². The molecule has 0 unspecified atom stereocenters. The van der Waals surface area contributed by atoms with E-state index in [-0.39, 0.29) is 47.9 Å². The third kappa shape index (κ3) is 5.26. The lowest BCUT2D eigenvalue weighted by atomic mass is 9.68. The number of allylic oxidation sites excluding steroid dienone is 1. The SMILES string of the molecule is C[C@@H]1/C=C\[C@H](O)[C@@H]2CC[C@H]2CN2C[C@@]3(CCCc4cc(Cl)ccc43)COc3ccc(cc32)C(=O)NS(=O)(=O)[C@@H]2COC[C@@H]12. The van der Waals surface area contributed by atoms with Crippen LogP contribution in [0.3, 0.4) is 0 Å². The Hall–Kier alpha value is -2.59. The van der Waals surface area contributed by atoms with Crippen molar-refractivity contribution in [1.82, 2.24) is 4.72 Å². The molecule has 1 spiro atoms. The minimum Gasteiger partial charge on any atom is -0.490 e. The molecule has 3 aliphatic heterocycles. The Morgan fingerprint density at radius 2 is 1.95 bits per heavy atom. The van der Waals surface area contributed by atoms with Gasteiger partial charge < -0.3 is 19.5 Å². The zero-order valence-electron chi connectivity index (χ0n) is 24.4. The molecular weight excluding hydrogens is 588 g/mol. The maximum Gasteiger partial charge on any atom is 0.264 e. The predicted molar refractivity (Wildman–Crippen MR) is 165 cm³/mol. The molecule has 2 aromatic rings. The van der Waals surface area contributed by atoms with Crippen molar-refractivity contribution < 1.29 is 27.8 Å². The van der Waals surface area contributed by atoms with Crippen LogP contribution in [0.2, 0.25) is 5.02 Å². The van der Waals surface area contributed by atoms with Gasteiger partial charge in [-0.1, -0.05) is 36.7 Å². The summed E-state index contributed by atoms with van der Waals surface area (Å²) in [6.07, 6.45) is 8.04. The first kappa shape index (κ1) is 29.1. The average Bonchev–Trinajstić information content (AvgIpc) is 3.42. The summed E-state index contributed by atoms with van der Waals surface area (Å²) in [7, 11) is -4.02. The van der Waals surface area contributed by atoms with Crippen molar-refractivity contribution in [3.8, 4) is 5.75 Å². The van der Waals surface area contributed by atoms with Gasteiger partial charge in [0.1, 0.15) is 11.0 Å². The summed E-state index contributed by atoms with van der Waals surface area (Å²) >= 11 is 6.39. The number of amides is 1. The van der Waals surface area contributed by atoms with E-state index in [1.165, 1.54) is 11.1 Å². The van der Waals surface area contributed by atoms with Crippen LogP contribution in [0.4, 0.5) is 5.69 Å². The van der Waals surface area contributed by atoms with E-state index in [0.717, 1.165) is 42.8 Å². The number of anilines is 1. The van der Waals surface area contributed by atoms with Crippen molar-refractivity contribution in [3.63, 3.8) is 0 Å². The number of carbonyl (C=O) groups excluding carboxylic acids is 1. The van der Waals surface area contributed by atoms with Gasteiger partial charge in [-0.15, -0.1) is 0 Å². The summed E-state index contributed by atoms with van der Waals surface area (Å²) in [5.41, 5.74) is 3.28. The number of rotatable bonds is 0. The number of hydrogen-bond acceptors (Lipinski definition) is 7. The standard InChI is InChI=1S/C33H39ClN2O6S/c1-20-4-10-29(37)25-8-5-23(25)15-36-18-33(12-2-3-21-13-24(34)7-9-27(21)33)19-42-30-11-6-22(14-28(30)36)32(38)35-43(39,40)31-17-41-16-26(20)31/h4,6-7,9-11,13-14,20,23,25-26,29,31,37H,2-3,5,8,12,15-19H2,1H3,(H,35,38)/b10-4-/t20-,23+,25-,26+,29+,31-,33+/m1/s1. The number of aryl methyl sites for hydroxylation is 1. The largest absolute Gasteiger partial charge is 0.490 e. The molecule has 5 aliphatic rings. The highest BCUT2D eigenvalue weighted by molar-refractivity contribution is 7.90. The first-order chi connectivity index (χ1) is 20.6. The van der Waals surface area contributed by atoms with Crippen LogP contribution in [0.5, 0.6) is 5.75 Å². The Labute approximate surface area is 258 Å². The van der Waals surface area contributed by atoms with Crippen LogP contribution in [-0.4, -0.2) is 63.7 Å². The Morgan fingerprint density at radius 1 is 1.09 bits per heavy atom. The molecule has 7 rings (SSSR count). The number of aliphatic hydroxyl groups is 1. The van der Waals surface area contributed by atoms with Crippen LogP contribution in [-0.2, 0) is 26.6 Å². The monoisotopic (exact) mass is 626 g/mol. The molecule has 230 valence electrons. The van der Waals surface area contributed by atoms with Gasteiger partial charge in [0.15, 0.2) is 0 Å². The molecular formula is C33H39ClN2O6S. The summed E-state index contributed by atoms with van der Waals surface area (Å²) in [6, 6.07) is 11.4. The number of sulfonamides is 1. The first-order valence-electron chi connectivity index (χ1n) is 15.4. The van der Waals surface area contributed by atoms with E-state index in [9.17, 15) is 18.3 Å². The summed E-state index contributed by atoms with van der Waals surface area (Å²) in [5, 5.41) is 11.1. The van der Waals surface area contributed by atoms with Crippen molar-refractivity contribution in [1.29, 1.82) is 0 Å². The van der Waals surface area contributed by atoms with E-state index in [4.69, 9.17) is 21.1 Å². The van der Waals surface area contributed by atoms with E-state index in [1.54, 1.807) is 18.2 Å². The second-order valence-electron chi connectivity index (χ2n) is 13.2. The van der Waals surface area contributed by atoms with Gasteiger partial charge in [-0.2, -0.15) is 0 Å². The van der Waals surface area contributed by atoms with Crippen molar-refractivity contribution in [2.24, 2.45) is 23.7 Å². The topological polar surface area (TPSA) is 105 Å².